The molecule has 2 aliphatic rings. The van der Waals surface area contributed by atoms with Crippen LogP contribution in [0, 0.1) is 17.3 Å². The fourth-order valence-corrected chi connectivity index (χ4v) is 4.23. The molecule has 2 fully saturated rings. The molecule has 0 aromatic carbocycles. The number of hydrogen-bond donors (Lipinski definition) is 1. The van der Waals surface area contributed by atoms with Crippen molar-refractivity contribution < 1.29 is 4.79 Å². The van der Waals surface area contributed by atoms with E-state index in [1.54, 1.807) is 0 Å². The molecule has 3 atom stereocenters. The smallest absolute Gasteiger partial charge is 0.222 e. The van der Waals surface area contributed by atoms with E-state index >= 15 is 0 Å². The summed E-state index contributed by atoms with van der Waals surface area (Å²) in [4.78, 5) is 14.5. The zero-order valence-corrected chi connectivity index (χ0v) is 13.0. The molecule has 3 heteroatoms. The molecule has 2 rings (SSSR count). The minimum absolute atomic E-state index is 0.378. The van der Waals surface area contributed by atoms with Gasteiger partial charge in [0, 0.05) is 32.1 Å². The average Bonchev–Trinajstić information content (AvgIpc) is 2.25. The monoisotopic (exact) mass is 266 g/mol. The minimum Gasteiger partial charge on any atom is -0.340 e. The maximum absolute atomic E-state index is 12.4. The van der Waals surface area contributed by atoms with Gasteiger partial charge in [-0.1, -0.05) is 20.8 Å². The predicted molar refractivity (Wildman–Crippen MR) is 78.9 cm³/mol. The maximum atomic E-state index is 12.4. The zero-order chi connectivity index (χ0) is 14.0. The molecular formula is C16H30N2O. The van der Waals surface area contributed by atoms with Crippen LogP contribution in [0.4, 0.5) is 0 Å². The fourth-order valence-electron chi connectivity index (χ4n) is 4.23. The van der Waals surface area contributed by atoms with Gasteiger partial charge in [-0.2, -0.15) is 0 Å². The molecule has 1 amide bonds. The first-order valence-electron chi connectivity index (χ1n) is 7.87. The molecule has 3 nitrogen and oxygen atoms in total. The van der Waals surface area contributed by atoms with Gasteiger partial charge in [-0.25, -0.2) is 0 Å². The lowest BCUT2D eigenvalue weighted by Crippen LogP contribution is -2.51. The van der Waals surface area contributed by atoms with E-state index in [2.05, 4.69) is 37.9 Å². The van der Waals surface area contributed by atoms with Crippen LogP contribution in [0.15, 0.2) is 0 Å². The molecule has 1 heterocycles. The number of piperazine rings is 1. The van der Waals surface area contributed by atoms with E-state index in [4.69, 9.17) is 0 Å². The molecule has 1 aliphatic heterocycles. The largest absolute Gasteiger partial charge is 0.340 e. The number of rotatable bonds is 2. The van der Waals surface area contributed by atoms with Crippen LogP contribution >= 0.6 is 0 Å². The van der Waals surface area contributed by atoms with Gasteiger partial charge in [0.1, 0.15) is 0 Å². The molecule has 0 aromatic rings. The lowest BCUT2D eigenvalue weighted by atomic mass is 9.67. The standard InChI is InChI=1S/C16H30N2O/c1-12-7-14(10-16(3,4)9-12)8-15(19)18-6-5-17-13(2)11-18/h12-14,17H,5-11H2,1-4H3. The Hall–Kier alpha value is -0.570. The summed E-state index contributed by atoms with van der Waals surface area (Å²) >= 11 is 0. The maximum Gasteiger partial charge on any atom is 0.222 e. The Labute approximate surface area is 118 Å². The Bertz CT molecular complexity index is 327. The number of amides is 1. The SMILES string of the molecule is CC1CC(CC(=O)N2CCNC(C)C2)CC(C)(C)C1. The predicted octanol–water partition coefficient (Wildman–Crippen LogP) is 2.66. The third-order valence-corrected chi connectivity index (χ3v) is 4.66. The van der Waals surface area contributed by atoms with Crippen LogP contribution in [0.2, 0.25) is 0 Å². The normalized spacial score (nSPS) is 35.2. The second kappa shape index (κ2) is 5.82. The molecule has 3 unspecified atom stereocenters. The van der Waals surface area contributed by atoms with Crippen LogP contribution in [0.25, 0.3) is 0 Å². The Morgan fingerprint density at radius 1 is 1.32 bits per heavy atom. The van der Waals surface area contributed by atoms with Gasteiger partial charge in [0.15, 0.2) is 0 Å². The first kappa shape index (κ1) is 14.8. The highest BCUT2D eigenvalue weighted by molar-refractivity contribution is 5.76. The Kier molecular flexibility index (Phi) is 4.54. The van der Waals surface area contributed by atoms with Crippen LogP contribution in [0.1, 0.15) is 53.4 Å². The van der Waals surface area contributed by atoms with Crippen molar-refractivity contribution >= 4 is 5.91 Å². The van der Waals surface area contributed by atoms with Gasteiger partial charge in [-0.3, -0.25) is 4.79 Å². The van der Waals surface area contributed by atoms with E-state index < -0.39 is 0 Å². The lowest BCUT2D eigenvalue weighted by Gasteiger charge is -2.40. The van der Waals surface area contributed by atoms with E-state index in [-0.39, 0.29) is 0 Å². The second-order valence-corrected chi connectivity index (χ2v) is 7.68. The van der Waals surface area contributed by atoms with E-state index in [1.165, 1.54) is 19.3 Å². The summed E-state index contributed by atoms with van der Waals surface area (Å²) in [6.07, 6.45) is 4.52. The van der Waals surface area contributed by atoms with Crippen LogP contribution in [-0.4, -0.2) is 36.5 Å². The van der Waals surface area contributed by atoms with Crippen LogP contribution < -0.4 is 5.32 Å². The first-order valence-corrected chi connectivity index (χ1v) is 7.87. The average molecular weight is 266 g/mol. The molecule has 110 valence electrons. The minimum atomic E-state index is 0.378. The van der Waals surface area contributed by atoms with Gasteiger partial charge in [0.05, 0.1) is 0 Å². The summed E-state index contributed by atoms with van der Waals surface area (Å²) in [5, 5.41) is 3.40. The molecule has 1 saturated carbocycles. The van der Waals surface area contributed by atoms with Crippen molar-refractivity contribution in [1.82, 2.24) is 10.2 Å². The lowest BCUT2D eigenvalue weighted by molar-refractivity contribution is -0.134. The summed E-state index contributed by atoms with van der Waals surface area (Å²) in [6, 6.07) is 0.444. The van der Waals surface area contributed by atoms with Crippen molar-refractivity contribution in [1.29, 1.82) is 0 Å². The summed E-state index contributed by atoms with van der Waals surface area (Å²) in [7, 11) is 0. The third kappa shape index (κ3) is 4.20. The summed E-state index contributed by atoms with van der Waals surface area (Å²) in [6.45, 7) is 11.9. The first-order chi connectivity index (χ1) is 8.85. The second-order valence-electron chi connectivity index (χ2n) is 7.68. The van der Waals surface area contributed by atoms with Crippen molar-refractivity contribution in [2.24, 2.45) is 17.3 Å². The molecule has 0 radical (unpaired) electrons. The molecular weight excluding hydrogens is 236 g/mol. The number of carbonyl (C=O) groups is 1. The quantitative estimate of drug-likeness (QED) is 0.833. The zero-order valence-electron chi connectivity index (χ0n) is 13.0. The van der Waals surface area contributed by atoms with Crippen LogP contribution in [-0.2, 0) is 4.79 Å². The number of nitrogens with one attached hydrogen (secondary N) is 1. The summed E-state index contributed by atoms with van der Waals surface area (Å²) < 4.78 is 0. The fraction of sp³-hybridized carbons (Fsp3) is 0.938. The number of carbonyl (C=O) groups excluding carboxylic acids is 1. The van der Waals surface area contributed by atoms with Crippen molar-refractivity contribution in [2.75, 3.05) is 19.6 Å². The molecule has 0 aromatic heterocycles. The molecule has 0 bridgehead atoms. The summed E-state index contributed by atoms with van der Waals surface area (Å²) in [5.74, 6) is 1.74. The highest BCUT2D eigenvalue weighted by Crippen LogP contribution is 2.42. The topological polar surface area (TPSA) is 32.3 Å². The van der Waals surface area contributed by atoms with Gasteiger partial charge in [-0.05, 0) is 43.4 Å². The van der Waals surface area contributed by atoms with E-state index in [9.17, 15) is 4.79 Å². The van der Waals surface area contributed by atoms with E-state index in [0.717, 1.165) is 32.0 Å². The van der Waals surface area contributed by atoms with Gasteiger partial charge < -0.3 is 10.2 Å². The molecule has 1 aliphatic carbocycles. The number of nitrogens with zero attached hydrogens (tertiary/aromatic N) is 1. The molecule has 19 heavy (non-hydrogen) atoms. The Balaban J connectivity index is 1.87. The highest BCUT2D eigenvalue weighted by Gasteiger charge is 2.34. The van der Waals surface area contributed by atoms with Crippen molar-refractivity contribution in [3.63, 3.8) is 0 Å². The van der Waals surface area contributed by atoms with E-state index in [1.807, 2.05) is 0 Å². The van der Waals surface area contributed by atoms with Crippen molar-refractivity contribution in [3.05, 3.63) is 0 Å². The third-order valence-electron chi connectivity index (χ3n) is 4.66. The Morgan fingerprint density at radius 2 is 2.05 bits per heavy atom. The van der Waals surface area contributed by atoms with Gasteiger partial charge >= 0.3 is 0 Å². The van der Waals surface area contributed by atoms with Crippen molar-refractivity contribution in [2.45, 2.75) is 59.4 Å². The van der Waals surface area contributed by atoms with Crippen molar-refractivity contribution in [3.8, 4) is 0 Å². The van der Waals surface area contributed by atoms with Crippen LogP contribution in [0.3, 0.4) is 0 Å². The van der Waals surface area contributed by atoms with Gasteiger partial charge in [-0.15, -0.1) is 0 Å². The van der Waals surface area contributed by atoms with Gasteiger partial charge in [0.2, 0.25) is 5.91 Å². The molecule has 0 spiro atoms. The Morgan fingerprint density at radius 3 is 2.68 bits per heavy atom. The number of hydrogen-bond acceptors (Lipinski definition) is 2. The highest BCUT2D eigenvalue weighted by atomic mass is 16.2. The van der Waals surface area contributed by atoms with Crippen LogP contribution in [0.5, 0.6) is 0 Å². The molecule has 1 N–H and O–H groups in total. The van der Waals surface area contributed by atoms with Gasteiger partial charge in [0.25, 0.3) is 0 Å². The van der Waals surface area contributed by atoms with E-state index in [0.29, 0.717) is 23.3 Å². The molecule has 1 saturated heterocycles. The summed E-state index contributed by atoms with van der Waals surface area (Å²) in [5.41, 5.74) is 0.416.